The van der Waals surface area contributed by atoms with Crippen molar-refractivity contribution in [3.05, 3.63) is 213 Å². The standard InChI is InChI=1S/C39H35Cl2N.C38H32N2.BH3/c1-38(2,3)23-16-15-22-19-29-33(25-11-7-9-13-30(25)40)36-28-21-24(39(4,5)6)17-18-32(28)42-37(36)35(34(29)27(22)20-23)26-12-8-10-14-31(26)41;1-37(2,3)21-15-17-29-25(19-21)33-31-23-11-7-10-14-28(23)40-30-18-16-22(38(4,5)6)20-26(30)34(36(31)40)32-24-12-8-9-13-27(24)39(29)35(32)33;/h7-18,20-21,42H,19H2,1-6H3;7-20H,1-6H3;1H3/i;;1D3. The van der Waals surface area contributed by atoms with Crippen LogP contribution in [0.4, 0.5) is 0 Å². The van der Waals surface area contributed by atoms with Gasteiger partial charge in [-0.3, -0.25) is 0 Å². The summed E-state index contributed by atoms with van der Waals surface area (Å²) in [6.45, 7) is 27.6. The van der Waals surface area contributed by atoms with Crippen molar-refractivity contribution < 1.29 is 0 Å². The van der Waals surface area contributed by atoms with Gasteiger partial charge in [0.05, 0.1) is 46.9 Å². The Labute approximate surface area is 502 Å². The molecule has 5 aromatic heterocycles. The number of benzene rings is 10. The van der Waals surface area contributed by atoms with E-state index in [0.29, 0.717) is 0 Å². The fourth-order valence-corrected chi connectivity index (χ4v) is 14.6. The smallest absolute Gasteiger partial charge is 0.0814 e. The number of para-hydroxylation sites is 2. The van der Waals surface area contributed by atoms with Gasteiger partial charge in [-0.1, -0.05) is 215 Å². The van der Waals surface area contributed by atoms with Crippen molar-refractivity contribution >= 4 is 130 Å². The highest BCUT2D eigenvalue weighted by Gasteiger charge is 2.34. The van der Waals surface area contributed by atoms with Crippen LogP contribution < -0.4 is 0 Å². The predicted octanol–water partition coefficient (Wildman–Crippen LogP) is 21.5. The zero-order chi connectivity index (χ0) is 60.4. The molecular weight excluding hydrogens is 1050 g/mol. The minimum absolute atomic E-state index is 0.0181. The first-order valence-corrected chi connectivity index (χ1v) is 29.9. The van der Waals surface area contributed by atoms with Crippen LogP contribution in [0.15, 0.2) is 170 Å². The van der Waals surface area contributed by atoms with Gasteiger partial charge in [-0.25, -0.2) is 0 Å². The molecule has 0 spiro atoms. The summed E-state index contributed by atoms with van der Waals surface area (Å²) in [6, 6.07) is 62.8. The van der Waals surface area contributed by atoms with E-state index in [1.54, 1.807) is 0 Å². The van der Waals surface area contributed by atoms with Gasteiger partial charge in [-0.15, -0.1) is 0 Å². The van der Waals surface area contributed by atoms with Crippen LogP contribution in [0.5, 0.6) is 0 Å². The molecule has 16 rings (SSSR count). The van der Waals surface area contributed by atoms with Crippen molar-refractivity contribution in [3.63, 3.8) is 0 Å². The van der Waals surface area contributed by atoms with Gasteiger partial charge in [0.2, 0.25) is 0 Å². The third kappa shape index (κ3) is 7.71. The van der Waals surface area contributed by atoms with Crippen LogP contribution in [-0.2, 0) is 28.1 Å². The molecule has 6 heteroatoms. The Morgan fingerprint density at radius 2 is 0.795 bits per heavy atom. The van der Waals surface area contributed by atoms with E-state index in [0.717, 1.165) is 38.6 Å². The monoisotopic (exact) mass is 1120 g/mol. The predicted molar refractivity (Wildman–Crippen MR) is 365 cm³/mol. The normalized spacial score (nSPS) is 13.6. The van der Waals surface area contributed by atoms with Crippen LogP contribution in [0.1, 0.15) is 116 Å². The number of aromatic amines is 1. The maximum absolute atomic E-state index is 7.03. The van der Waals surface area contributed by atoms with Crippen LogP contribution in [0.2, 0.25) is 10.0 Å². The Bertz CT molecular complexity index is 5090. The number of hydrogen-bond donors (Lipinski definition) is 1. The minimum atomic E-state index is -1.42. The molecule has 15 aromatic rings. The van der Waals surface area contributed by atoms with Crippen molar-refractivity contribution in [1.29, 1.82) is 4.01 Å². The molecule has 1 aliphatic carbocycles. The molecule has 83 heavy (non-hydrogen) atoms. The molecule has 1 N–H and O–H groups in total. The lowest BCUT2D eigenvalue weighted by molar-refractivity contribution is 0.590. The number of rotatable bonds is 2. The number of nitrogens with one attached hydrogen (secondary N) is 1. The second-order valence-electron chi connectivity index (χ2n) is 27.6. The molecule has 0 bridgehead atoms. The molecule has 3 nitrogen and oxygen atoms in total. The Kier molecular flexibility index (Phi) is 10.9. The molecule has 0 atom stereocenters. The van der Waals surface area contributed by atoms with Crippen LogP contribution in [0.25, 0.3) is 131 Å². The fourth-order valence-electron chi connectivity index (χ4n) is 14.2. The van der Waals surface area contributed by atoms with Crippen LogP contribution in [-0.4, -0.2) is 26.1 Å². The molecule has 0 saturated carbocycles. The third-order valence-corrected chi connectivity index (χ3v) is 19.0. The molecule has 1 aliphatic rings. The van der Waals surface area contributed by atoms with E-state index >= 15 is 0 Å². The lowest BCUT2D eigenvalue weighted by atomic mass is 9.82. The highest BCUT2D eigenvalue weighted by Crippen LogP contribution is 2.56. The molecule has 0 saturated heterocycles. The molecule has 0 aliphatic heterocycles. The van der Waals surface area contributed by atoms with Crippen LogP contribution in [0, 0.1) is 0 Å². The summed E-state index contributed by atoms with van der Waals surface area (Å²) < 4.78 is 22.9. The molecule has 10 aromatic carbocycles. The topological polar surface area (TPSA) is 24.6 Å². The molecule has 0 fully saturated rings. The van der Waals surface area contributed by atoms with E-state index in [9.17, 15) is 0 Å². The highest BCUT2D eigenvalue weighted by molar-refractivity contribution is 6.45. The summed E-state index contributed by atoms with van der Waals surface area (Å²) in [5, 5.41) is 14.9. The number of fused-ring (bicyclic) bond motifs is 20. The lowest BCUT2D eigenvalue weighted by Gasteiger charge is -2.22. The Morgan fingerprint density at radius 1 is 0.398 bits per heavy atom. The van der Waals surface area contributed by atoms with Gasteiger partial charge < -0.3 is 13.8 Å². The average Bonchev–Trinajstić information content (AvgIpc) is 1.50. The van der Waals surface area contributed by atoms with Gasteiger partial charge in [0.25, 0.3) is 0 Å². The maximum Gasteiger partial charge on any atom is 0.0814 e. The first-order chi connectivity index (χ1) is 40.8. The number of hydrogen-bond acceptors (Lipinski definition) is 0. The summed E-state index contributed by atoms with van der Waals surface area (Å²) in [7, 11) is -1.42. The first-order valence-electron chi connectivity index (χ1n) is 30.9. The van der Waals surface area contributed by atoms with Crippen molar-refractivity contribution in [2.75, 3.05) is 0 Å². The number of halogens is 2. The second kappa shape index (κ2) is 18.1. The molecule has 0 radical (unpaired) electrons. The summed E-state index contributed by atoms with van der Waals surface area (Å²) in [5.41, 5.74) is 25.4. The van der Waals surface area contributed by atoms with Crippen LogP contribution >= 0.6 is 23.2 Å². The summed E-state index contributed by atoms with van der Waals surface area (Å²) in [5.74, 6) is 0. The van der Waals surface area contributed by atoms with E-state index in [1.165, 1.54) is 143 Å². The molecule has 410 valence electrons. The van der Waals surface area contributed by atoms with Gasteiger partial charge in [0.15, 0.2) is 0 Å². The molecular formula is C77H70BCl2N3. The van der Waals surface area contributed by atoms with E-state index in [-0.39, 0.29) is 21.7 Å². The fraction of sp³-hybridized carbons (Fsp3) is 0.221. The van der Waals surface area contributed by atoms with Crippen molar-refractivity contribution in [1.82, 2.24) is 13.8 Å². The first kappa shape index (κ1) is 49.8. The average molecular weight is 1120 g/mol. The largest absolute Gasteiger partial charge is 0.354 e. The minimum Gasteiger partial charge on any atom is -0.354 e. The maximum atomic E-state index is 7.03. The van der Waals surface area contributed by atoms with Crippen molar-refractivity contribution in [2.45, 2.75) is 111 Å². The van der Waals surface area contributed by atoms with Crippen LogP contribution in [0.3, 0.4) is 0 Å². The lowest BCUT2D eigenvalue weighted by Crippen LogP contribution is -2.11. The van der Waals surface area contributed by atoms with Gasteiger partial charge in [0.1, 0.15) is 0 Å². The van der Waals surface area contributed by atoms with Crippen molar-refractivity contribution in [3.8, 4) is 33.4 Å². The van der Waals surface area contributed by atoms with E-state index in [2.05, 4.69) is 242 Å². The quantitative estimate of drug-likeness (QED) is 0.167. The summed E-state index contributed by atoms with van der Waals surface area (Å²) in [4.78, 5) is 3.88. The van der Waals surface area contributed by atoms with E-state index < -0.39 is 8.30 Å². The Morgan fingerprint density at radius 3 is 1.29 bits per heavy atom. The van der Waals surface area contributed by atoms with E-state index in [1.807, 2.05) is 24.3 Å². The summed E-state index contributed by atoms with van der Waals surface area (Å²) >= 11 is 14.1. The number of nitrogens with zero attached hydrogens (tertiary/aromatic N) is 2. The van der Waals surface area contributed by atoms with Gasteiger partial charge in [0, 0.05) is 86.1 Å². The SMILES string of the molecule is CC(C)(C)c1ccc2c(c1)-c1c(c(-c3ccccc3Cl)c3c([nH]c4ccc(C(C)(C)C)cc43)c1-c1ccccc1Cl)C2.CC(C)(C)c1ccc2c(c1)c1c3c4ccccc4n4c5ccc(C(C)(C)C)cc5c(c5c6ccccc6n2c51)c34.[2H]B([2H])[2H]. The number of H-pyrrole nitrogens is 1. The molecule has 0 amide bonds. The second-order valence-corrected chi connectivity index (χ2v) is 28.4. The van der Waals surface area contributed by atoms with Crippen molar-refractivity contribution in [2.24, 2.45) is 0 Å². The summed E-state index contributed by atoms with van der Waals surface area (Å²) in [6.07, 6.45) is 0.842. The van der Waals surface area contributed by atoms with Gasteiger partial charge in [-0.2, -0.15) is 0 Å². The third-order valence-electron chi connectivity index (χ3n) is 18.4. The zero-order valence-corrected chi connectivity index (χ0v) is 51.1. The molecule has 5 heterocycles. The number of aromatic nitrogens is 3. The Hall–Kier alpha value is -7.76. The highest BCUT2D eigenvalue weighted by atomic mass is 35.5. The zero-order valence-electron chi connectivity index (χ0n) is 52.6. The molecule has 0 unspecified atom stereocenters. The van der Waals surface area contributed by atoms with Gasteiger partial charge in [-0.05, 0) is 143 Å². The Balaban J connectivity index is 0.000000143. The van der Waals surface area contributed by atoms with Gasteiger partial charge >= 0.3 is 0 Å². The van der Waals surface area contributed by atoms with E-state index in [4.69, 9.17) is 27.2 Å².